The Hall–Kier alpha value is -1.44. The Labute approximate surface area is 75.0 Å². The number of hydrogen-bond acceptors (Lipinski definition) is 4. The molecule has 0 bridgehead atoms. The van der Waals surface area contributed by atoms with Gasteiger partial charge in [-0.3, -0.25) is 19.6 Å². The predicted molar refractivity (Wildman–Crippen MR) is 32.8 cm³/mol. The average molecular weight is 211 g/mol. The highest BCUT2D eigenvalue weighted by Gasteiger charge is 2.52. The third-order valence-electron chi connectivity index (χ3n) is 1.72. The third kappa shape index (κ3) is 1.60. The summed E-state index contributed by atoms with van der Waals surface area (Å²) in [6, 6.07) is 0. The van der Waals surface area contributed by atoms with Crippen molar-refractivity contribution >= 4 is 17.6 Å². The molecule has 5 nitrogen and oxygen atoms in total. The highest BCUT2D eigenvalue weighted by molar-refractivity contribution is 6.14. The van der Waals surface area contributed by atoms with Gasteiger partial charge in [-0.15, -0.1) is 0 Å². The topological polar surface area (TPSA) is 74.7 Å². The van der Waals surface area contributed by atoms with Gasteiger partial charge in [0.2, 0.25) is 5.78 Å². The molecule has 8 heteroatoms. The molecule has 1 aliphatic heterocycles. The fourth-order valence-corrected chi connectivity index (χ4v) is 1.02. The van der Waals surface area contributed by atoms with Gasteiger partial charge in [-0.2, -0.15) is 18.2 Å². The van der Waals surface area contributed by atoms with E-state index in [1.54, 1.807) is 0 Å². The lowest BCUT2D eigenvalue weighted by Gasteiger charge is -2.08. The molecule has 1 rings (SSSR count). The Morgan fingerprint density at radius 1 is 1.43 bits per heavy atom. The Bertz CT molecular complexity index is 311. The maximum Gasteiger partial charge on any atom is 0.450 e. The Morgan fingerprint density at radius 3 is 2.21 bits per heavy atom. The summed E-state index contributed by atoms with van der Waals surface area (Å²) in [7, 11) is 0. The van der Waals surface area contributed by atoms with Crippen LogP contribution in [-0.2, 0) is 14.4 Å². The fraction of sp³-hybridized carbons (Fsp3) is 0.500. The van der Waals surface area contributed by atoms with Gasteiger partial charge in [0.1, 0.15) is 5.92 Å². The number of amides is 2. The van der Waals surface area contributed by atoms with Crippen LogP contribution in [0.4, 0.5) is 13.2 Å². The molecule has 1 saturated heterocycles. The molecule has 2 amide bonds. The molecule has 0 aromatic carbocycles. The van der Waals surface area contributed by atoms with Crippen molar-refractivity contribution in [3.05, 3.63) is 0 Å². The van der Waals surface area contributed by atoms with Crippen molar-refractivity contribution < 1.29 is 32.8 Å². The molecule has 1 fully saturated rings. The summed E-state index contributed by atoms with van der Waals surface area (Å²) in [6.45, 7) is 0. The quantitative estimate of drug-likeness (QED) is 0.373. The van der Waals surface area contributed by atoms with Crippen molar-refractivity contribution in [2.75, 3.05) is 0 Å². The van der Waals surface area contributed by atoms with Crippen LogP contribution in [0.5, 0.6) is 0 Å². The minimum absolute atomic E-state index is 0.464. The predicted octanol–water partition coefficient (Wildman–Crippen LogP) is -0.118. The second-order valence-electron chi connectivity index (χ2n) is 2.66. The highest BCUT2D eigenvalue weighted by Crippen LogP contribution is 2.27. The molecular weight excluding hydrogens is 207 g/mol. The van der Waals surface area contributed by atoms with Crippen LogP contribution in [0.25, 0.3) is 0 Å². The van der Waals surface area contributed by atoms with Crippen LogP contribution in [0, 0.1) is 5.92 Å². The molecule has 0 saturated carbocycles. The molecule has 0 aliphatic carbocycles. The number of hydrogen-bond donors (Lipinski definition) is 1. The zero-order valence-electron chi connectivity index (χ0n) is 6.54. The number of Topliss-reactive ketones (excluding diaryl/α,β-unsaturated/α-hetero) is 1. The van der Waals surface area contributed by atoms with Crippen LogP contribution >= 0.6 is 0 Å². The van der Waals surface area contributed by atoms with Crippen LogP contribution in [-0.4, -0.2) is 34.0 Å². The summed E-state index contributed by atoms with van der Waals surface area (Å²) in [5.74, 6) is -7.19. The highest BCUT2D eigenvalue weighted by atomic mass is 19.4. The molecule has 0 spiro atoms. The number of carbonyl (C=O) groups excluding carboxylic acids is 3. The van der Waals surface area contributed by atoms with Gasteiger partial charge in [0.25, 0.3) is 11.8 Å². The van der Waals surface area contributed by atoms with Gasteiger partial charge in [-0.05, 0) is 0 Å². The van der Waals surface area contributed by atoms with Crippen LogP contribution < -0.4 is 0 Å². The second kappa shape index (κ2) is 3.05. The van der Waals surface area contributed by atoms with E-state index in [1.165, 1.54) is 0 Å². The number of rotatable bonds is 1. The number of carbonyl (C=O) groups is 3. The van der Waals surface area contributed by atoms with Gasteiger partial charge in [-0.25, -0.2) is 0 Å². The van der Waals surface area contributed by atoms with Crippen molar-refractivity contribution in [2.45, 2.75) is 12.6 Å². The van der Waals surface area contributed by atoms with E-state index in [0.29, 0.717) is 0 Å². The van der Waals surface area contributed by atoms with E-state index >= 15 is 0 Å². The number of nitrogens with zero attached hydrogens (tertiary/aromatic N) is 1. The summed E-state index contributed by atoms with van der Waals surface area (Å²) in [4.78, 5) is 31.8. The van der Waals surface area contributed by atoms with E-state index < -0.39 is 41.2 Å². The molecule has 1 aliphatic rings. The van der Waals surface area contributed by atoms with Crippen molar-refractivity contribution in [1.29, 1.82) is 0 Å². The van der Waals surface area contributed by atoms with Crippen LogP contribution in [0.1, 0.15) is 6.42 Å². The minimum Gasteiger partial charge on any atom is -0.289 e. The molecule has 1 heterocycles. The average Bonchev–Trinajstić information content (AvgIpc) is 2.30. The summed E-state index contributed by atoms with van der Waals surface area (Å²) < 4.78 is 35.4. The summed E-state index contributed by atoms with van der Waals surface area (Å²) in [5, 5.41) is 8.10. The summed E-state index contributed by atoms with van der Waals surface area (Å²) in [5.41, 5.74) is 0. The first-order valence-electron chi connectivity index (χ1n) is 3.42. The lowest BCUT2D eigenvalue weighted by atomic mass is 10.0. The molecule has 1 unspecified atom stereocenters. The monoisotopic (exact) mass is 211 g/mol. The standard InChI is InChI=1S/C6H4F3NO4/c7-6(8,9)4(12)2-1-3(11)10(14)5(2)13/h2,14H,1H2. The van der Waals surface area contributed by atoms with Crippen molar-refractivity contribution in [1.82, 2.24) is 5.06 Å². The number of imide groups is 1. The Kier molecular flexibility index (Phi) is 2.32. The second-order valence-corrected chi connectivity index (χ2v) is 2.66. The van der Waals surface area contributed by atoms with Gasteiger partial charge < -0.3 is 0 Å². The minimum atomic E-state index is -5.17. The molecule has 14 heavy (non-hydrogen) atoms. The largest absolute Gasteiger partial charge is 0.450 e. The molecular formula is C6H4F3NO4. The zero-order chi connectivity index (χ0) is 11.1. The molecule has 78 valence electrons. The van der Waals surface area contributed by atoms with E-state index in [9.17, 15) is 27.6 Å². The van der Waals surface area contributed by atoms with E-state index in [4.69, 9.17) is 5.21 Å². The first-order valence-corrected chi connectivity index (χ1v) is 3.42. The maximum absolute atomic E-state index is 11.8. The van der Waals surface area contributed by atoms with Gasteiger partial charge >= 0.3 is 6.18 Å². The van der Waals surface area contributed by atoms with Crippen LogP contribution in [0.2, 0.25) is 0 Å². The van der Waals surface area contributed by atoms with Gasteiger partial charge in [0, 0.05) is 6.42 Å². The lowest BCUT2D eigenvalue weighted by Crippen LogP contribution is -2.36. The number of ketones is 1. The SMILES string of the molecule is O=C1CC(C(=O)C(F)(F)F)C(=O)N1O. The third-order valence-corrected chi connectivity index (χ3v) is 1.72. The first-order chi connectivity index (χ1) is 6.25. The smallest absolute Gasteiger partial charge is 0.289 e. The van der Waals surface area contributed by atoms with Crippen LogP contribution in [0.15, 0.2) is 0 Å². The molecule has 1 N–H and O–H groups in total. The van der Waals surface area contributed by atoms with E-state index in [0.717, 1.165) is 0 Å². The molecule has 1 atom stereocenters. The molecule has 0 radical (unpaired) electrons. The lowest BCUT2D eigenvalue weighted by molar-refractivity contribution is -0.181. The van der Waals surface area contributed by atoms with E-state index in [1.807, 2.05) is 0 Å². The Morgan fingerprint density at radius 2 is 1.93 bits per heavy atom. The van der Waals surface area contributed by atoms with Crippen LogP contribution in [0.3, 0.4) is 0 Å². The van der Waals surface area contributed by atoms with Gasteiger partial charge in [0.15, 0.2) is 0 Å². The van der Waals surface area contributed by atoms with Gasteiger partial charge in [0.05, 0.1) is 0 Å². The van der Waals surface area contributed by atoms with E-state index in [-0.39, 0.29) is 0 Å². The van der Waals surface area contributed by atoms with Crippen molar-refractivity contribution in [2.24, 2.45) is 5.92 Å². The number of alkyl halides is 3. The summed E-state index contributed by atoms with van der Waals surface area (Å²) in [6.07, 6.45) is -6.11. The first kappa shape index (κ1) is 10.6. The normalized spacial score (nSPS) is 23.1. The fourth-order valence-electron chi connectivity index (χ4n) is 1.02. The Balaban J connectivity index is 2.88. The van der Waals surface area contributed by atoms with Crippen molar-refractivity contribution in [3.8, 4) is 0 Å². The molecule has 0 aromatic rings. The zero-order valence-corrected chi connectivity index (χ0v) is 6.54. The maximum atomic E-state index is 11.8. The summed E-state index contributed by atoms with van der Waals surface area (Å²) >= 11 is 0. The molecule has 0 aromatic heterocycles. The van der Waals surface area contributed by atoms with E-state index in [2.05, 4.69) is 0 Å². The number of hydroxylamine groups is 2. The number of halogens is 3. The van der Waals surface area contributed by atoms with Crippen molar-refractivity contribution in [3.63, 3.8) is 0 Å². The van der Waals surface area contributed by atoms with Gasteiger partial charge in [-0.1, -0.05) is 0 Å².